The van der Waals surface area contributed by atoms with E-state index < -0.39 is 23.5 Å². The summed E-state index contributed by atoms with van der Waals surface area (Å²) in [5.41, 5.74) is 7.73. The van der Waals surface area contributed by atoms with Crippen LogP contribution in [0.1, 0.15) is 127 Å². The number of fused-ring (bicyclic) bond motifs is 1. The molecule has 2 amide bonds. The highest BCUT2D eigenvalue weighted by Gasteiger charge is 2.44. The van der Waals surface area contributed by atoms with E-state index in [9.17, 15) is 28.7 Å². The van der Waals surface area contributed by atoms with Gasteiger partial charge in [-0.3, -0.25) is 24.1 Å². The Labute approximate surface area is 462 Å². The Morgan fingerprint density at radius 3 is 2.35 bits per heavy atom. The average molecular weight is 1080 g/mol. The Balaban J connectivity index is 0.636. The number of benzene rings is 2. The smallest absolute Gasteiger partial charge is 0.234 e. The second-order valence-electron chi connectivity index (χ2n) is 22.7. The van der Waals surface area contributed by atoms with Crippen molar-refractivity contribution in [3.05, 3.63) is 113 Å². The van der Waals surface area contributed by atoms with E-state index in [1.54, 1.807) is 28.4 Å². The number of rotatable bonds is 24. The van der Waals surface area contributed by atoms with Crippen molar-refractivity contribution in [1.82, 2.24) is 39.7 Å². The number of nitrogens with one attached hydrogen (secondary N) is 1. The standard InChI is InChI=1S/C61H77FN10O5S/c1-42-59(78-41-65-42)44-24-21-43(22-25-44)23-26-54(75)52-37-48(74)39-71(52)60(77)49(61(2,3)4)36-47(73)17-10-8-6-5-7-9-11-29-63-58(76)40-68-31-33-69(34-32-68)56-20-13-18-50(66-56)53-38-64-55-27-28-57(67-72(53)55)70-30-14-19-51(70)45-15-12-16-46(62)35-45/h12-13,15-16,18,20-22,24-25,27-28,35,38,41,48-49,51-52,74H,5-11,14,17,19,23,26,29-34,36-37,39-40H2,1-4H3,(H,63,76)/t48-,49-,51-,52+/m1/s1. The lowest BCUT2D eigenvalue weighted by molar-refractivity contribution is -0.145. The second kappa shape index (κ2) is 26.0. The van der Waals surface area contributed by atoms with Crippen LogP contribution in [-0.2, 0) is 25.6 Å². The summed E-state index contributed by atoms with van der Waals surface area (Å²) in [6.07, 6.45) is 11.4. The van der Waals surface area contributed by atoms with Crippen LogP contribution >= 0.6 is 11.3 Å². The van der Waals surface area contributed by atoms with E-state index in [2.05, 4.69) is 42.1 Å². The van der Waals surface area contributed by atoms with Gasteiger partial charge in [-0.2, -0.15) is 0 Å². The molecule has 3 aliphatic rings. The van der Waals surface area contributed by atoms with Gasteiger partial charge in [-0.15, -0.1) is 16.4 Å². The number of carbonyl (C=O) groups excluding carboxylic acids is 4. The zero-order valence-electron chi connectivity index (χ0n) is 45.9. The predicted molar refractivity (Wildman–Crippen MR) is 305 cm³/mol. The molecule has 78 heavy (non-hydrogen) atoms. The number of carbonyl (C=O) groups is 4. The number of aliphatic hydroxyl groups excluding tert-OH is 1. The number of β-amino-alcohol motifs (C(OH)–C–C–N with tert-alkyl or cyclic N) is 1. The number of likely N-dealkylation sites (tertiary alicyclic amines) is 1. The molecule has 0 aliphatic carbocycles. The fourth-order valence-corrected chi connectivity index (χ4v) is 12.3. The zero-order chi connectivity index (χ0) is 54.8. The van der Waals surface area contributed by atoms with E-state index >= 15 is 0 Å². The fraction of sp³-hybridized carbons (Fsp3) is 0.508. The fourth-order valence-electron chi connectivity index (χ4n) is 11.5. The number of piperazine rings is 1. The van der Waals surface area contributed by atoms with Crippen molar-refractivity contribution in [2.75, 3.05) is 62.2 Å². The number of hydrogen-bond acceptors (Lipinski definition) is 13. The number of aliphatic hydroxyl groups is 1. The number of unbranched alkanes of at least 4 members (excludes halogenated alkanes) is 6. The number of anilines is 2. The van der Waals surface area contributed by atoms with Crippen molar-refractivity contribution in [3.63, 3.8) is 0 Å². The number of halogens is 1. The monoisotopic (exact) mass is 1080 g/mol. The molecule has 15 nitrogen and oxygen atoms in total. The van der Waals surface area contributed by atoms with Crippen LogP contribution in [-0.4, -0.2) is 127 Å². The molecule has 7 heterocycles. The molecule has 4 aromatic heterocycles. The SMILES string of the molecule is Cc1ncsc1-c1ccc(CCC(=O)[C@@H]2C[C@@H](O)CN2C(=O)[C@@H](CC(=O)CCCCCCCCCNC(=O)CN2CCN(c3cccc(-c4cnc5ccc(N6CCC[C@@H]6c6cccc(F)c6)nn45)n3)CC2)C(C)(C)C)cc1. The maximum Gasteiger partial charge on any atom is 0.234 e. The molecule has 0 bridgehead atoms. The Kier molecular flexibility index (Phi) is 18.8. The van der Waals surface area contributed by atoms with Crippen molar-refractivity contribution in [2.45, 2.75) is 136 Å². The van der Waals surface area contributed by atoms with Gasteiger partial charge in [-0.25, -0.2) is 23.9 Å². The minimum atomic E-state index is -0.771. The molecule has 0 radical (unpaired) electrons. The van der Waals surface area contributed by atoms with Crippen molar-refractivity contribution in [3.8, 4) is 21.8 Å². The third-order valence-corrected chi connectivity index (χ3v) is 17.0. The van der Waals surface area contributed by atoms with E-state index in [-0.39, 0.29) is 61.0 Å². The van der Waals surface area contributed by atoms with E-state index in [1.807, 2.05) is 92.4 Å². The molecule has 3 saturated heterocycles. The third kappa shape index (κ3) is 14.2. The Morgan fingerprint density at radius 2 is 1.60 bits per heavy atom. The van der Waals surface area contributed by atoms with Crippen molar-refractivity contribution >= 4 is 52.0 Å². The lowest BCUT2D eigenvalue weighted by Gasteiger charge is -2.35. The molecule has 3 fully saturated rings. The topological polar surface area (TPSA) is 169 Å². The van der Waals surface area contributed by atoms with Gasteiger partial charge in [-0.05, 0) is 97.5 Å². The van der Waals surface area contributed by atoms with Crippen LogP contribution in [0.5, 0.6) is 0 Å². The summed E-state index contributed by atoms with van der Waals surface area (Å²) in [5, 5.41) is 18.8. The molecule has 2 aromatic carbocycles. The first-order chi connectivity index (χ1) is 37.7. The summed E-state index contributed by atoms with van der Waals surface area (Å²) in [4.78, 5) is 77.5. The van der Waals surface area contributed by atoms with Gasteiger partial charge in [0.1, 0.15) is 28.9 Å². The number of hydrogen-bond donors (Lipinski definition) is 2. The van der Waals surface area contributed by atoms with Gasteiger partial charge in [0.05, 0.1) is 52.7 Å². The Hall–Kier alpha value is -6.43. The number of imidazole rings is 1. The lowest BCUT2D eigenvalue weighted by Crippen LogP contribution is -2.49. The Bertz CT molecular complexity index is 3000. The molecule has 0 saturated carbocycles. The van der Waals surface area contributed by atoms with Crippen molar-refractivity contribution < 1.29 is 28.7 Å². The van der Waals surface area contributed by atoms with Gasteiger partial charge >= 0.3 is 0 Å². The zero-order valence-corrected chi connectivity index (χ0v) is 46.7. The van der Waals surface area contributed by atoms with E-state index in [1.165, 1.54) is 6.07 Å². The number of ketones is 2. The predicted octanol–water partition coefficient (Wildman–Crippen LogP) is 9.85. The first kappa shape index (κ1) is 56.3. The van der Waals surface area contributed by atoms with E-state index in [4.69, 9.17) is 10.1 Å². The molecule has 0 spiro atoms. The molecule has 9 rings (SSSR count). The number of pyridine rings is 1. The molecule has 6 aromatic rings. The van der Waals surface area contributed by atoms with Gasteiger partial charge in [0, 0.05) is 77.4 Å². The molecule has 414 valence electrons. The highest BCUT2D eigenvalue weighted by atomic mass is 32.1. The summed E-state index contributed by atoms with van der Waals surface area (Å²) in [7, 11) is 0. The summed E-state index contributed by atoms with van der Waals surface area (Å²) in [5.74, 6) is 0.714. The van der Waals surface area contributed by atoms with Crippen LogP contribution in [0.4, 0.5) is 16.0 Å². The van der Waals surface area contributed by atoms with Crippen LogP contribution in [0.25, 0.3) is 27.5 Å². The number of aryl methyl sites for hydroxylation is 2. The molecule has 2 N–H and O–H groups in total. The molecular formula is C61H77FN10O5S. The first-order valence-corrected chi connectivity index (χ1v) is 29.2. The van der Waals surface area contributed by atoms with Gasteiger partial charge in [0.15, 0.2) is 11.4 Å². The maximum absolute atomic E-state index is 14.1. The van der Waals surface area contributed by atoms with Crippen LogP contribution in [0, 0.1) is 24.1 Å². The quantitative estimate of drug-likeness (QED) is 0.0551. The molecular weight excluding hydrogens is 1000 g/mol. The van der Waals surface area contributed by atoms with Crippen LogP contribution in [0.3, 0.4) is 0 Å². The third-order valence-electron chi connectivity index (χ3n) is 16.0. The number of thiazole rings is 1. The highest BCUT2D eigenvalue weighted by Crippen LogP contribution is 2.37. The van der Waals surface area contributed by atoms with E-state index in [0.29, 0.717) is 25.9 Å². The van der Waals surface area contributed by atoms with Gasteiger partial charge in [0.25, 0.3) is 0 Å². The van der Waals surface area contributed by atoms with Crippen molar-refractivity contribution in [1.29, 1.82) is 0 Å². The van der Waals surface area contributed by atoms with Crippen LogP contribution < -0.4 is 15.1 Å². The van der Waals surface area contributed by atoms with Crippen LogP contribution in [0.15, 0.2) is 90.6 Å². The van der Waals surface area contributed by atoms with Gasteiger partial charge in [-0.1, -0.05) is 95.3 Å². The van der Waals surface area contributed by atoms with E-state index in [0.717, 1.165) is 146 Å². The maximum atomic E-state index is 14.1. The molecule has 4 atom stereocenters. The Morgan fingerprint density at radius 1 is 0.846 bits per heavy atom. The molecule has 3 aliphatic heterocycles. The largest absolute Gasteiger partial charge is 0.391 e. The van der Waals surface area contributed by atoms with Crippen molar-refractivity contribution in [2.24, 2.45) is 11.3 Å². The molecule has 0 unspecified atom stereocenters. The minimum absolute atomic E-state index is 0.0434. The number of nitrogens with zero attached hydrogens (tertiary/aromatic N) is 9. The second-order valence-corrected chi connectivity index (χ2v) is 23.6. The van der Waals surface area contributed by atoms with Crippen LogP contribution in [0.2, 0.25) is 0 Å². The summed E-state index contributed by atoms with van der Waals surface area (Å²) in [6.45, 7) is 12.9. The minimum Gasteiger partial charge on any atom is -0.391 e. The number of Topliss-reactive ketones (excluding diaryl/α,β-unsaturated/α-hetero) is 2. The number of amides is 2. The normalized spacial score (nSPS) is 18.5. The first-order valence-electron chi connectivity index (χ1n) is 28.3. The summed E-state index contributed by atoms with van der Waals surface area (Å²) in [6, 6.07) is 24.4. The lowest BCUT2D eigenvalue weighted by atomic mass is 9.76. The van der Waals surface area contributed by atoms with Gasteiger partial charge < -0.3 is 25.1 Å². The number of aromatic nitrogens is 5. The summed E-state index contributed by atoms with van der Waals surface area (Å²) >= 11 is 1.60. The highest BCUT2D eigenvalue weighted by molar-refractivity contribution is 7.13. The molecule has 17 heteroatoms. The average Bonchev–Trinajstić information content (AvgIpc) is 4.35. The van der Waals surface area contributed by atoms with Gasteiger partial charge in [0.2, 0.25) is 11.8 Å². The summed E-state index contributed by atoms with van der Waals surface area (Å²) < 4.78 is 16.0.